The maximum Gasteiger partial charge on any atom is 0.416 e. The van der Waals surface area contributed by atoms with E-state index in [1.54, 1.807) is 36.4 Å². The topological polar surface area (TPSA) is 110 Å². The first-order chi connectivity index (χ1) is 19.0. The summed E-state index contributed by atoms with van der Waals surface area (Å²) in [5.74, 6) is -1.69. The molecule has 3 aromatic rings. The molecule has 8 nitrogen and oxygen atoms in total. The summed E-state index contributed by atoms with van der Waals surface area (Å²) in [6.07, 6.45) is -5.40. The zero-order valence-electron chi connectivity index (χ0n) is 21.9. The van der Waals surface area contributed by atoms with E-state index >= 15 is 0 Å². The van der Waals surface area contributed by atoms with Crippen LogP contribution in [-0.2, 0) is 22.7 Å². The molecule has 0 saturated carbocycles. The number of ether oxygens (including phenoxy) is 1. The molecule has 2 amide bonds. The van der Waals surface area contributed by atoms with E-state index in [1.165, 1.54) is 26.0 Å². The fourth-order valence-corrected chi connectivity index (χ4v) is 3.80. The van der Waals surface area contributed by atoms with E-state index in [2.05, 4.69) is 10.6 Å². The summed E-state index contributed by atoms with van der Waals surface area (Å²) in [5.41, 5.74) is 0.808. The molecule has 0 spiro atoms. The van der Waals surface area contributed by atoms with E-state index in [0.717, 1.165) is 15.7 Å². The summed E-state index contributed by atoms with van der Waals surface area (Å²) in [5, 5.41) is 14.3. The van der Waals surface area contributed by atoms with Crippen molar-refractivity contribution in [2.24, 2.45) is 5.92 Å². The number of aliphatic hydroxyl groups is 1. The fraction of sp³-hybridized carbons (Fsp3) is 0.276. The predicted octanol–water partition coefficient (Wildman–Crippen LogP) is 4.83. The molecule has 2 atom stereocenters. The number of rotatable bonds is 10. The Balaban J connectivity index is 1.86. The number of anilines is 1. The van der Waals surface area contributed by atoms with Crippen molar-refractivity contribution in [1.29, 1.82) is 0 Å². The number of pyridine rings is 1. The highest BCUT2D eigenvalue weighted by Gasteiger charge is 2.45. The predicted molar refractivity (Wildman–Crippen MR) is 145 cm³/mol. The van der Waals surface area contributed by atoms with Crippen molar-refractivity contribution in [3.8, 4) is 0 Å². The second kappa shape index (κ2) is 13.6. The molecule has 3 N–H and O–H groups in total. The molecular weight excluding hydrogens is 527 g/mol. The molecule has 0 aliphatic heterocycles. The third-order valence-electron chi connectivity index (χ3n) is 5.93. The van der Waals surface area contributed by atoms with E-state index in [-0.39, 0.29) is 18.0 Å². The van der Waals surface area contributed by atoms with Crippen molar-refractivity contribution in [2.75, 3.05) is 5.32 Å². The van der Waals surface area contributed by atoms with E-state index in [0.29, 0.717) is 0 Å². The smallest absolute Gasteiger partial charge is 0.416 e. The van der Waals surface area contributed by atoms with Crippen molar-refractivity contribution >= 4 is 29.8 Å². The van der Waals surface area contributed by atoms with Gasteiger partial charge in [-0.15, -0.1) is 0 Å². The highest BCUT2D eigenvalue weighted by molar-refractivity contribution is 5.85. The van der Waals surface area contributed by atoms with Crippen LogP contribution in [-0.4, -0.2) is 40.0 Å². The van der Waals surface area contributed by atoms with Crippen molar-refractivity contribution in [2.45, 2.75) is 45.3 Å². The number of benzene rings is 2. The van der Waals surface area contributed by atoms with Gasteiger partial charge in [-0.3, -0.25) is 19.5 Å². The van der Waals surface area contributed by atoms with Crippen LogP contribution in [0.2, 0.25) is 0 Å². The van der Waals surface area contributed by atoms with Crippen LogP contribution >= 0.6 is 0 Å². The molecule has 40 heavy (non-hydrogen) atoms. The van der Waals surface area contributed by atoms with Crippen LogP contribution in [0.15, 0.2) is 77.6 Å². The van der Waals surface area contributed by atoms with Crippen molar-refractivity contribution in [3.05, 3.63) is 100.0 Å². The third-order valence-corrected chi connectivity index (χ3v) is 5.93. The highest BCUT2D eigenvalue weighted by atomic mass is 19.4. The number of aliphatic hydroxyl groups excluding tert-OH is 1. The van der Waals surface area contributed by atoms with Crippen LogP contribution < -0.4 is 16.2 Å². The number of hydrogen-bond acceptors (Lipinski definition) is 5. The number of aromatic nitrogens is 1. The van der Waals surface area contributed by atoms with Gasteiger partial charge in [0.2, 0.25) is 5.91 Å². The molecule has 1 heterocycles. The van der Waals surface area contributed by atoms with Gasteiger partial charge in [0.1, 0.15) is 18.8 Å². The lowest BCUT2D eigenvalue weighted by Crippen LogP contribution is -2.53. The molecule has 1 aromatic heterocycles. The molecule has 0 fully saturated rings. The van der Waals surface area contributed by atoms with Gasteiger partial charge in [0.25, 0.3) is 5.56 Å². The maximum absolute atomic E-state index is 13.3. The van der Waals surface area contributed by atoms with Gasteiger partial charge in [-0.2, -0.15) is 13.2 Å². The number of carbonyl (C=O) groups is 2. The molecule has 11 heteroatoms. The quantitative estimate of drug-likeness (QED) is 0.331. The Labute approximate surface area is 229 Å². The minimum atomic E-state index is -4.95. The molecule has 2 unspecified atom stereocenters. The number of amides is 2. The number of nitrogens with one attached hydrogen (secondary N) is 2. The Hall–Kier alpha value is -4.38. The molecule has 212 valence electrons. The largest absolute Gasteiger partial charge is 0.444 e. The number of alkyl halides is 3. The Morgan fingerprint density at radius 1 is 0.975 bits per heavy atom. The normalized spacial score (nSPS) is 13.2. The summed E-state index contributed by atoms with van der Waals surface area (Å²) in [6, 6.07) is 19.1. The zero-order valence-corrected chi connectivity index (χ0v) is 21.9. The third kappa shape index (κ3) is 8.57. The Kier molecular flexibility index (Phi) is 10.3. The summed E-state index contributed by atoms with van der Waals surface area (Å²) in [4.78, 5) is 38.5. The lowest BCUT2D eigenvalue weighted by molar-refractivity contribution is -0.215. The van der Waals surface area contributed by atoms with Gasteiger partial charge >= 0.3 is 12.3 Å². The lowest BCUT2D eigenvalue weighted by Gasteiger charge is -2.29. The van der Waals surface area contributed by atoms with Gasteiger partial charge in [0, 0.05) is 5.69 Å². The van der Waals surface area contributed by atoms with Crippen LogP contribution in [0.25, 0.3) is 12.2 Å². The summed E-state index contributed by atoms with van der Waals surface area (Å²) in [7, 11) is 0. The summed E-state index contributed by atoms with van der Waals surface area (Å²) < 4.78 is 45.6. The molecule has 0 aliphatic carbocycles. The second-order valence-electron chi connectivity index (χ2n) is 9.32. The van der Waals surface area contributed by atoms with Crippen molar-refractivity contribution in [3.63, 3.8) is 0 Å². The van der Waals surface area contributed by atoms with Gasteiger partial charge in [-0.05, 0) is 35.3 Å². The summed E-state index contributed by atoms with van der Waals surface area (Å²) >= 11 is 0. The number of halogens is 3. The number of hydrogen-bond donors (Lipinski definition) is 3. The van der Waals surface area contributed by atoms with Crippen LogP contribution in [0.1, 0.15) is 30.7 Å². The second-order valence-corrected chi connectivity index (χ2v) is 9.32. The lowest BCUT2D eigenvalue weighted by atomic mass is 9.98. The minimum Gasteiger partial charge on any atom is -0.444 e. The first kappa shape index (κ1) is 30.2. The first-order valence-electron chi connectivity index (χ1n) is 12.4. The molecule has 0 aliphatic rings. The molecule has 0 saturated heterocycles. The van der Waals surface area contributed by atoms with Crippen LogP contribution in [0, 0.1) is 5.92 Å². The Morgan fingerprint density at radius 3 is 2.20 bits per heavy atom. The van der Waals surface area contributed by atoms with Crippen LogP contribution in [0.5, 0.6) is 0 Å². The highest BCUT2D eigenvalue weighted by Crippen LogP contribution is 2.25. The van der Waals surface area contributed by atoms with Crippen molar-refractivity contribution in [1.82, 2.24) is 9.88 Å². The average molecular weight is 558 g/mol. The van der Waals surface area contributed by atoms with Gasteiger partial charge in [-0.25, -0.2) is 4.79 Å². The monoisotopic (exact) mass is 557 g/mol. The molecular formula is C29H30F3N3O5. The van der Waals surface area contributed by atoms with Gasteiger partial charge < -0.3 is 15.2 Å². The van der Waals surface area contributed by atoms with E-state index in [4.69, 9.17) is 4.74 Å². The SMILES string of the molecule is CC(C)C(NC(=O)Cn1c(/C=C/c2ccccc2)ccc(NC(=O)OCc2ccccc2)c1=O)C(O)C(F)(F)F. The Bertz CT molecular complexity index is 1370. The summed E-state index contributed by atoms with van der Waals surface area (Å²) in [6.45, 7) is 2.13. The van der Waals surface area contributed by atoms with Crippen LogP contribution in [0.4, 0.5) is 23.7 Å². The molecule has 0 radical (unpaired) electrons. The van der Waals surface area contributed by atoms with Gasteiger partial charge in [0.15, 0.2) is 6.10 Å². The fourth-order valence-electron chi connectivity index (χ4n) is 3.80. The Morgan fingerprint density at radius 2 is 1.60 bits per heavy atom. The van der Waals surface area contributed by atoms with E-state index in [1.807, 2.05) is 36.4 Å². The van der Waals surface area contributed by atoms with Gasteiger partial charge in [-0.1, -0.05) is 80.6 Å². The average Bonchev–Trinajstić information content (AvgIpc) is 2.92. The molecule has 0 bridgehead atoms. The number of carbonyl (C=O) groups excluding carboxylic acids is 2. The van der Waals surface area contributed by atoms with E-state index in [9.17, 15) is 32.7 Å². The van der Waals surface area contributed by atoms with E-state index < -0.39 is 48.3 Å². The molecule has 3 rings (SSSR count). The number of nitrogens with zero attached hydrogens (tertiary/aromatic N) is 1. The standard InChI is InChI=1S/C29H30F3N3O5/c1-19(2)25(26(37)29(30,31)32)34-24(36)17-35-22(14-13-20-9-5-3-6-10-20)15-16-23(27(35)38)33-28(39)40-18-21-11-7-4-8-12-21/h3-16,19,25-26,37H,17-18H2,1-2H3,(H,33,39)(H,34,36)/b14-13+. The first-order valence-corrected chi connectivity index (χ1v) is 12.4. The minimum absolute atomic E-state index is 0.0424. The maximum atomic E-state index is 13.3. The van der Waals surface area contributed by atoms with Crippen molar-refractivity contribution < 1.29 is 32.6 Å². The zero-order chi connectivity index (χ0) is 29.3. The van der Waals surface area contributed by atoms with Crippen LogP contribution in [0.3, 0.4) is 0 Å². The van der Waals surface area contributed by atoms with Gasteiger partial charge in [0.05, 0.1) is 6.04 Å². The molecule has 2 aromatic carbocycles.